The fraction of sp³-hybridized carbons (Fsp3) is 0.750. The molecule has 0 spiro atoms. The molecule has 0 bridgehead atoms. The minimum Gasteiger partial charge on any atom is -0.480 e. The van der Waals surface area contributed by atoms with E-state index in [1.165, 1.54) is 0 Å². The van der Waals surface area contributed by atoms with E-state index in [1.54, 1.807) is 0 Å². The molecule has 0 radical (unpaired) electrons. The highest BCUT2D eigenvalue weighted by Gasteiger charge is 2.21. The number of carboxylic acid groups (broad SMARTS) is 1. The fourth-order valence-electron chi connectivity index (χ4n) is 1.93. The molecule has 5 N–H and O–H groups in total. The maximum absolute atomic E-state index is 11.6. The van der Waals surface area contributed by atoms with Crippen LogP contribution in [-0.2, 0) is 14.3 Å². The number of nitrogens with two attached hydrogens (primary N) is 1. The Morgan fingerprint density at radius 1 is 1.35 bits per heavy atom. The number of hydrogen-bond acceptors (Lipinski definition) is 4. The van der Waals surface area contributed by atoms with Crippen LogP contribution in [0.25, 0.3) is 0 Å². The zero-order valence-corrected chi connectivity index (χ0v) is 11.3. The van der Waals surface area contributed by atoms with Gasteiger partial charge in [-0.3, -0.25) is 4.79 Å². The van der Waals surface area contributed by atoms with E-state index in [4.69, 9.17) is 15.6 Å². The molecule has 0 aliphatic carbocycles. The van der Waals surface area contributed by atoms with Gasteiger partial charge in [-0.25, -0.2) is 9.59 Å². The van der Waals surface area contributed by atoms with Crippen LogP contribution in [0.15, 0.2) is 0 Å². The number of aliphatic carboxylic acids is 1. The van der Waals surface area contributed by atoms with Gasteiger partial charge in [0.15, 0.2) is 0 Å². The number of hydrogen-bond donors (Lipinski definition) is 4. The number of rotatable bonds is 7. The van der Waals surface area contributed by atoms with Gasteiger partial charge in [-0.1, -0.05) is 0 Å². The van der Waals surface area contributed by atoms with Crippen molar-refractivity contribution in [3.05, 3.63) is 0 Å². The topological polar surface area (TPSA) is 131 Å². The molecule has 2 atom stereocenters. The van der Waals surface area contributed by atoms with Gasteiger partial charge >= 0.3 is 12.0 Å². The molecule has 0 aromatic heterocycles. The van der Waals surface area contributed by atoms with E-state index in [-0.39, 0.29) is 18.9 Å². The van der Waals surface area contributed by atoms with E-state index in [2.05, 4.69) is 10.6 Å². The molecule has 1 aliphatic heterocycles. The van der Waals surface area contributed by atoms with Crippen molar-refractivity contribution in [3.63, 3.8) is 0 Å². The van der Waals surface area contributed by atoms with Gasteiger partial charge in [0.05, 0.1) is 6.10 Å². The predicted molar refractivity (Wildman–Crippen MR) is 70.0 cm³/mol. The molecule has 114 valence electrons. The minimum absolute atomic E-state index is 0.0246. The quantitative estimate of drug-likeness (QED) is 0.505. The number of primary amides is 1. The van der Waals surface area contributed by atoms with Gasteiger partial charge < -0.3 is 26.2 Å². The average molecular weight is 287 g/mol. The van der Waals surface area contributed by atoms with Gasteiger partial charge in [0, 0.05) is 19.6 Å². The lowest BCUT2D eigenvalue weighted by molar-refractivity contribution is -0.139. The zero-order chi connectivity index (χ0) is 15.0. The summed E-state index contributed by atoms with van der Waals surface area (Å²) in [7, 11) is 0. The largest absolute Gasteiger partial charge is 0.480 e. The summed E-state index contributed by atoms with van der Waals surface area (Å²) in [5.41, 5.74) is 4.95. The Labute approximate surface area is 117 Å². The summed E-state index contributed by atoms with van der Waals surface area (Å²) in [5, 5.41) is 13.8. The third-order valence-corrected chi connectivity index (χ3v) is 3.05. The highest BCUT2D eigenvalue weighted by molar-refractivity contribution is 5.83. The van der Waals surface area contributed by atoms with Gasteiger partial charge in [-0.15, -0.1) is 0 Å². The number of carbonyl (C=O) groups excluding carboxylic acids is 2. The molecule has 20 heavy (non-hydrogen) atoms. The molecule has 0 saturated carbocycles. The lowest BCUT2D eigenvalue weighted by atomic mass is 10.1. The first-order valence-corrected chi connectivity index (χ1v) is 6.66. The fourth-order valence-corrected chi connectivity index (χ4v) is 1.93. The Kier molecular flexibility index (Phi) is 6.78. The summed E-state index contributed by atoms with van der Waals surface area (Å²) >= 11 is 0. The van der Waals surface area contributed by atoms with E-state index in [9.17, 15) is 14.4 Å². The van der Waals surface area contributed by atoms with Gasteiger partial charge in [0.25, 0.3) is 0 Å². The van der Waals surface area contributed by atoms with Gasteiger partial charge in [-0.05, 0) is 25.7 Å². The van der Waals surface area contributed by atoms with E-state index in [0.717, 1.165) is 19.3 Å². The van der Waals surface area contributed by atoms with Crippen LogP contribution in [0.1, 0.15) is 32.1 Å². The smallest absolute Gasteiger partial charge is 0.326 e. The number of carbonyl (C=O) groups is 3. The van der Waals surface area contributed by atoms with Crippen molar-refractivity contribution >= 4 is 17.9 Å². The second-order valence-corrected chi connectivity index (χ2v) is 4.74. The molecule has 0 aromatic carbocycles. The number of ether oxygens (including phenoxy) is 1. The lowest BCUT2D eigenvalue weighted by Gasteiger charge is -2.23. The van der Waals surface area contributed by atoms with E-state index in [0.29, 0.717) is 13.2 Å². The van der Waals surface area contributed by atoms with Crippen molar-refractivity contribution in [1.82, 2.24) is 10.6 Å². The maximum Gasteiger partial charge on any atom is 0.326 e. The highest BCUT2D eigenvalue weighted by atomic mass is 16.5. The first-order chi connectivity index (χ1) is 9.49. The number of amides is 3. The molecular weight excluding hydrogens is 266 g/mol. The van der Waals surface area contributed by atoms with E-state index < -0.39 is 23.9 Å². The number of urea groups is 1. The van der Waals surface area contributed by atoms with Crippen molar-refractivity contribution < 1.29 is 24.2 Å². The predicted octanol–water partition coefficient (Wildman–Crippen LogP) is -0.427. The second kappa shape index (κ2) is 8.36. The molecule has 1 rings (SSSR count). The van der Waals surface area contributed by atoms with Crippen LogP contribution >= 0.6 is 0 Å². The normalized spacial score (nSPS) is 19.9. The van der Waals surface area contributed by atoms with Gasteiger partial charge in [-0.2, -0.15) is 0 Å². The van der Waals surface area contributed by atoms with Crippen LogP contribution in [-0.4, -0.2) is 48.3 Å². The van der Waals surface area contributed by atoms with Crippen LogP contribution < -0.4 is 16.4 Å². The Balaban J connectivity index is 2.29. The summed E-state index contributed by atoms with van der Waals surface area (Å²) in [6.45, 7) is 1.03. The van der Waals surface area contributed by atoms with Crippen LogP contribution in [0.3, 0.4) is 0 Å². The minimum atomic E-state index is -1.20. The molecule has 3 amide bonds. The Morgan fingerprint density at radius 2 is 2.10 bits per heavy atom. The third-order valence-electron chi connectivity index (χ3n) is 3.05. The third kappa shape index (κ3) is 6.37. The summed E-state index contributed by atoms with van der Waals surface area (Å²) < 4.78 is 5.44. The van der Waals surface area contributed by atoms with Crippen molar-refractivity contribution in [3.8, 4) is 0 Å². The Bertz CT molecular complexity index is 355. The molecule has 2 unspecified atom stereocenters. The van der Waals surface area contributed by atoms with Crippen LogP contribution in [0.5, 0.6) is 0 Å². The summed E-state index contributed by atoms with van der Waals surface area (Å²) in [6.07, 6.45) is 2.82. The first-order valence-electron chi connectivity index (χ1n) is 6.66. The zero-order valence-electron chi connectivity index (χ0n) is 11.3. The molecule has 1 saturated heterocycles. The summed E-state index contributed by atoms with van der Waals surface area (Å²) in [6, 6.07) is -1.72. The summed E-state index contributed by atoms with van der Waals surface area (Å²) in [5.74, 6) is -1.80. The van der Waals surface area contributed by atoms with E-state index in [1.807, 2.05) is 0 Å². The van der Waals surface area contributed by atoms with Gasteiger partial charge in [0.1, 0.15) is 6.04 Å². The first kappa shape index (κ1) is 16.2. The van der Waals surface area contributed by atoms with Crippen LogP contribution in [0.4, 0.5) is 4.79 Å². The lowest BCUT2D eigenvalue weighted by Crippen LogP contribution is -2.48. The molecule has 8 heteroatoms. The van der Waals surface area contributed by atoms with Crippen LogP contribution in [0, 0.1) is 0 Å². The molecule has 1 aliphatic rings. The Morgan fingerprint density at radius 3 is 2.65 bits per heavy atom. The molecule has 1 heterocycles. The molecular formula is C12H21N3O5. The SMILES string of the molecule is NC(=O)CCC(NC(=O)NCC1CCCCO1)C(=O)O. The molecule has 1 fully saturated rings. The van der Waals surface area contributed by atoms with Gasteiger partial charge in [0.2, 0.25) is 5.91 Å². The monoisotopic (exact) mass is 287 g/mol. The second-order valence-electron chi connectivity index (χ2n) is 4.74. The average Bonchev–Trinajstić information content (AvgIpc) is 2.41. The summed E-state index contributed by atoms with van der Waals surface area (Å²) in [4.78, 5) is 33.2. The number of nitrogens with one attached hydrogen (secondary N) is 2. The van der Waals surface area contributed by atoms with Crippen LogP contribution in [0.2, 0.25) is 0 Å². The van der Waals surface area contributed by atoms with Crippen molar-refractivity contribution in [1.29, 1.82) is 0 Å². The maximum atomic E-state index is 11.6. The Hall–Kier alpha value is -1.83. The standard InChI is InChI=1S/C12H21N3O5/c13-10(16)5-4-9(11(17)18)15-12(19)14-7-8-3-1-2-6-20-8/h8-9H,1-7H2,(H2,13,16)(H,17,18)(H2,14,15,19). The number of carboxylic acids is 1. The molecule has 0 aromatic rings. The van der Waals surface area contributed by atoms with Crippen molar-refractivity contribution in [2.24, 2.45) is 5.73 Å². The molecule has 8 nitrogen and oxygen atoms in total. The van der Waals surface area contributed by atoms with E-state index >= 15 is 0 Å². The van der Waals surface area contributed by atoms with Crippen molar-refractivity contribution in [2.75, 3.05) is 13.2 Å². The highest BCUT2D eigenvalue weighted by Crippen LogP contribution is 2.11. The van der Waals surface area contributed by atoms with Crippen molar-refractivity contribution in [2.45, 2.75) is 44.2 Å².